The highest BCUT2D eigenvalue weighted by Crippen LogP contribution is 2.35. The molecule has 8 heteroatoms. The zero-order valence-corrected chi connectivity index (χ0v) is 22.6. The molecule has 2 atom stereocenters. The summed E-state index contributed by atoms with van der Waals surface area (Å²) in [7, 11) is 0. The molecular formula is C30H26Cl2N2O4. The van der Waals surface area contributed by atoms with Crippen LogP contribution in [0.2, 0.25) is 10.0 Å². The average molecular weight is 549 g/mol. The lowest BCUT2D eigenvalue weighted by molar-refractivity contribution is 0.0178. The van der Waals surface area contributed by atoms with E-state index in [0.29, 0.717) is 39.4 Å². The SMILES string of the molecule is Cc1nc2ccc(-c3ccc(OCC4C(c5c(Cl)cccc5Cl)=NOC4C(C)C)cc3)cc2cc1C(=O)O. The normalized spacial score (nSPS) is 16.9. The smallest absolute Gasteiger partial charge is 0.337 e. The number of hydrogen-bond donors (Lipinski definition) is 1. The summed E-state index contributed by atoms with van der Waals surface area (Å²) in [6.07, 6.45) is -0.165. The molecule has 1 N–H and O–H groups in total. The monoisotopic (exact) mass is 548 g/mol. The number of halogens is 2. The van der Waals surface area contributed by atoms with Gasteiger partial charge in [0.2, 0.25) is 0 Å². The Balaban J connectivity index is 1.36. The summed E-state index contributed by atoms with van der Waals surface area (Å²) in [5.41, 5.74) is 4.76. The van der Waals surface area contributed by atoms with Crippen molar-refractivity contribution in [2.75, 3.05) is 6.61 Å². The topological polar surface area (TPSA) is 81.0 Å². The molecule has 194 valence electrons. The van der Waals surface area contributed by atoms with E-state index < -0.39 is 5.97 Å². The first-order valence-electron chi connectivity index (χ1n) is 12.3. The molecule has 0 amide bonds. The molecule has 0 bridgehead atoms. The number of benzene rings is 3. The lowest BCUT2D eigenvalue weighted by Crippen LogP contribution is -2.33. The van der Waals surface area contributed by atoms with E-state index in [-0.39, 0.29) is 23.5 Å². The molecule has 38 heavy (non-hydrogen) atoms. The van der Waals surface area contributed by atoms with Crippen molar-refractivity contribution in [3.8, 4) is 16.9 Å². The maximum absolute atomic E-state index is 11.5. The van der Waals surface area contributed by atoms with Gasteiger partial charge in [-0.05, 0) is 66.4 Å². The maximum atomic E-state index is 11.5. The molecule has 0 radical (unpaired) electrons. The number of carbonyl (C=O) groups is 1. The second-order valence-corrected chi connectivity index (χ2v) is 10.5. The lowest BCUT2D eigenvalue weighted by atomic mass is 9.87. The fourth-order valence-corrected chi connectivity index (χ4v) is 5.34. The second-order valence-electron chi connectivity index (χ2n) is 9.66. The van der Waals surface area contributed by atoms with Crippen LogP contribution in [0.1, 0.15) is 35.5 Å². The highest BCUT2D eigenvalue weighted by molar-refractivity contribution is 6.40. The maximum Gasteiger partial charge on any atom is 0.337 e. The van der Waals surface area contributed by atoms with Crippen molar-refractivity contribution in [3.63, 3.8) is 0 Å². The first-order valence-corrected chi connectivity index (χ1v) is 13.0. The van der Waals surface area contributed by atoms with E-state index >= 15 is 0 Å². The number of rotatable bonds is 7. The summed E-state index contributed by atoms with van der Waals surface area (Å²) in [6.45, 7) is 6.22. The van der Waals surface area contributed by atoms with Gasteiger partial charge >= 0.3 is 5.97 Å². The molecule has 2 unspecified atom stereocenters. The third-order valence-corrected chi connectivity index (χ3v) is 7.38. The number of fused-ring (bicyclic) bond motifs is 1. The third kappa shape index (κ3) is 5.06. The van der Waals surface area contributed by atoms with Gasteiger partial charge in [-0.2, -0.15) is 0 Å². The van der Waals surface area contributed by atoms with Crippen LogP contribution in [0.15, 0.2) is 71.9 Å². The Kier molecular flexibility index (Phi) is 7.28. The minimum absolute atomic E-state index is 0.146. The van der Waals surface area contributed by atoms with Gasteiger partial charge in [0.25, 0.3) is 0 Å². The zero-order chi connectivity index (χ0) is 27.0. The van der Waals surface area contributed by atoms with Crippen molar-refractivity contribution in [1.82, 2.24) is 4.98 Å². The molecule has 2 heterocycles. The van der Waals surface area contributed by atoms with Crippen LogP contribution in [-0.4, -0.2) is 34.5 Å². The molecule has 6 nitrogen and oxygen atoms in total. The second kappa shape index (κ2) is 10.6. The van der Waals surface area contributed by atoms with E-state index in [0.717, 1.165) is 22.0 Å². The number of carboxylic acid groups (broad SMARTS) is 1. The molecule has 0 saturated carbocycles. The number of aromatic nitrogens is 1. The van der Waals surface area contributed by atoms with Gasteiger partial charge in [-0.15, -0.1) is 0 Å². The van der Waals surface area contributed by atoms with E-state index in [1.54, 1.807) is 31.2 Å². The Bertz CT molecular complexity index is 1530. The molecule has 0 spiro atoms. The van der Waals surface area contributed by atoms with Gasteiger partial charge in [0.1, 0.15) is 24.2 Å². The molecule has 4 aromatic rings. The van der Waals surface area contributed by atoms with Crippen LogP contribution in [0.3, 0.4) is 0 Å². The predicted octanol–water partition coefficient (Wildman–Crippen LogP) is 7.67. The van der Waals surface area contributed by atoms with E-state index in [4.69, 9.17) is 32.8 Å². The number of aryl methyl sites for hydroxylation is 1. The molecule has 3 aromatic carbocycles. The number of aromatic carboxylic acids is 1. The number of carboxylic acids is 1. The molecule has 1 aliphatic heterocycles. The van der Waals surface area contributed by atoms with E-state index in [1.165, 1.54) is 0 Å². The Hall–Kier alpha value is -3.61. The van der Waals surface area contributed by atoms with Crippen LogP contribution in [0.4, 0.5) is 0 Å². The van der Waals surface area contributed by atoms with E-state index in [9.17, 15) is 9.90 Å². The summed E-state index contributed by atoms with van der Waals surface area (Å²) in [5.74, 6) is -0.214. The van der Waals surface area contributed by atoms with Crippen LogP contribution in [0, 0.1) is 18.8 Å². The number of hydrogen-bond acceptors (Lipinski definition) is 5. The minimum atomic E-state index is -0.985. The summed E-state index contributed by atoms with van der Waals surface area (Å²) < 4.78 is 6.20. The average Bonchev–Trinajstić information content (AvgIpc) is 3.30. The first-order chi connectivity index (χ1) is 18.2. The standard InChI is InChI=1S/C30H26Cl2N2O4/c1-16(2)29-23(28(34-38-29)27-24(31)5-4-6-25(27)32)15-37-21-10-7-18(8-11-21)19-9-12-26-20(13-19)14-22(30(35)36)17(3)33-26/h4-14,16,23,29H,15H2,1-3H3,(H,35,36). The van der Waals surface area contributed by atoms with Crippen molar-refractivity contribution in [2.24, 2.45) is 17.0 Å². The van der Waals surface area contributed by atoms with Crippen LogP contribution < -0.4 is 4.74 Å². The number of pyridine rings is 1. The van der Waals surface area contributed by atoms with Crippen molar-refractivity contribution in [1.29, 1.82) is 0 Å². The van der Waals surface area contributed by atoms with E-state index in [2.05, 4.69) is 24.0 Å². The molecule has 5 rings (SSSR count). The largest absolute Gasteiger partial charge is 0.493 e. The van der Waals surface area contributed by atoms with Gasteiger partial charge in [0.15, 0.2) is 0 Å². The quantitative estimate of drug-likeness (QED) is 0.256. The predicted molar refractivity (Wildman–Crippen MR) is 151 cm³/mol. The first kappa shape index (κ1) is 26.0. The number of nitrogens with zero attached hydrogens (tertiary/aromatic N) is 2. The van der Waals surface area contributed by atoms with Crippen LogP contribution >= 0.6 is 23.2 Å². The Morgan fingerprint density at radius 3 is 2.37 bits per heavy atom. The molecule has 0 aliphatic carbocycles. The van der Waals surface area contributed by atoms with Gasteiger partial charge < -0.3 is 14.7 Å². The third-order valence-electron chi connectivity index (χ3n) is 6.75. The highest BCUT2D eigenvalue weighted by Gasteiger charge is 2.39. The highest BCUT2D eigenvalue weighted by atomic mass is 35.5. The number of oxime groups is 1. The van der Waals surface area contributed by atoms with Crippen molar-refractivity contribution < 1.29 is 19.5 Å². The lowest BCUT2D eigenvalue weighted by Gasteiger charge is -2.23. The molecule has 0 fully saturated rings. The molecule has 1 aromatic heterocycles. The van der Waals surface area contributed by atoms with Crippen molar-refractivity contribution in [3.05, 3.63) is 93.6 Å². The fourth-order valence-electron chi connectivity index (χ4n) is 4.75. The van der Waals surface area contributed by atoms with E-state index in [1.807, 2.05) is 42.5 Å². The molecular weight excluding hydrogens is 523 g/mol. The summed E-state index contributed by atoms with van der Waals surface area (Å²) in [4.78, 5) is 21.7. The Morgan fingerprint density at radius 2 is 1.71 bits per heavy atom. The Labute approximate surface area is 230 Å². The Morgan fingerprint density at radius 1 is 1.03 bits per heavy atom. The fraction of sp³-hybridized carbons (Fsp3) is 0.233. The zero-order valence-electron chi connectivity index (χ0n) is 21.1. The summed E-state index contributed by atoms with van der Waals surface area (Å²) in [6, 6.07) is 20.6. The molecule has 0 saturated heterocycles. The summed E-state index contributed by atoms with van der Waals surface area (Å²) >= 11 is 12.9. The summed E-state index contributed by atoms with van der Waals surface area (Å²) in [5, 5.41) is 15.6. The molecule has 1 aliphatic rings. The van der Waals surface area contributed by atoms with Crippen LogP contribution in [0.5, 0.6) is 5.75 Å². The number of ether oxygens (including phenoxy) is 1. The van der Waals surface area contributed by atoms with Gasteiger partial charge in [0.05, 0.1) is 32.7 Å². The van der Waals surface area contributed by atoms with Gasteiger partial charge in [0, 0.05) is 10.9 Å². The van der Waals surface area contributed by atoms with Gasteiger partial charge in [-0.3, -0.25) is 4.98 Å². The van der Waals surface area contributed by atoms with Crippen molar-refractivity contribution >= 4 is 45.8 Å². The van der Waals surface area contributed by atoms with Gasteiger partial charge in [-0.25, -0.2) is 4.79 Å². The van der Waals surface area contributed by atoms with Crippen molar-refractivity contribution in [2.45, 2.75) is 26.9 Å². The van der Waals surface area contributed by atoms with Crippen LogP contribution in [0.25, 0.3) is 22.0 Å². The minimum Gasteiger partial charge on any atom is -0.493 e. The van der Waals surface area contributed by atoms with Crippen LogP contribution in [-0.2, 0) is 4.84 Å². The van der Waals surface area contributed by atoms with Gasteiger partial charge in [-0.1, -0.05) is 66.5 Å².